The molecule has 1 aromatic rings. The molecule has 2 N–H and O–H groups in total. The van der Waals surface area contributed by atoms with Crippen molar-refractivity contribution in [3.63, 3.8) is 0 Å². The Balaban J connectivity index is 1.77. The molecule has 7 nitrogen and oxygen atoms in total. The van der Waals surface area contributed by atoms with Crippen molar-refractivity contribution in [2.75, 3.05) is 12.1 Å². The summed E-state index contributed by atoms with van der Waals surface area (Å²) in [6.07, 6.45) is 3.72. The van der Waals surface area contributed by atoms with Crippen LogP contribution in [-0.4, -0.2) is 23.8 Å². The molecule has 1 unspecified atom stereocenters. The number of nitrogens with zero attached hydrogens (tertiary/aromatic N) is 1. The van der Waals surface area contributed by atoms with Gasteiger partial charge in [-0.05, 0) is 24.3 Å². The number of carbonyl (C=O) groups is 2. The Morgan fingerprint density at radius 1 is 1.35 bits per heavy atom. The van der Waals surface area contributed by atoms with Crippen molar-refractivity contribution in [2.24, 2.45) is 5.92 Å². The molecular formula is C16H12N2O5. The minimum absolute atomic E-state index is 0.127. The van der Waals surface area contributed by atoms with E-state index in [4.69, 9.17) is 14.7 Å². The second-order valence-electron chi connectivity index (χ2n) is 5.03. The third-order valence-corrected chi connectivity index (χ3v) is 3.58. The van der Waals surface area contributed by atoms with Crippen LogP contribution in [0.15, 0.2) is 41.9 Å². The number of carboxylic acid groups (broad SMARTS) is 1. The molecular weight excluding hydrogens is 300 g/mol. The van der Waals surface area contributed by atoms with Crippen molar-refractivity contribution < 1.29 is 24.2 Å². The van der Waals surface area contributed by atoms with E-state index in [9.17, 15) is 14.7 Å². The Labute approximate surface area is 131 Å². The van der Waals surface area contributed by atoms with E-state index in [0.717, 1.165) is 0 Å². The number of anilines is 1. The summed E-state index contributed by atoms with van der Waals surface area (Å²) in [5.74, 6) is -0.804. The second-order valence-corrected chi connectivity index (χ2v) is 5.03. The van der Waals surface area contributed by atoms with Gasteiger partial charge in [0.15, 0.2) is 5.76 Å². The molecule has 1 atom stereocenters. The summed E-state index contributed by atoms with van der Waals surface area (Å²) in [6, 6.07) is 5.95. The van der Waals surface area contributed by atoms with Crippen LogP contribution in [0, 0.1) is 17.2 Å². The lowest BCUT2D eigenvalue weighted by atomic mass is 9.97. The van der Waals surface area contributed by atoms with Crippen molar-refractivity contribution in [3.05, 3.63) is 53.0 Å². The van der Waals surface area contributed by atoms with Crippen LogP contribution in [0.3, 0.4) is 0 Å². The van der Waals surface area contributed by atoms with Gasteiger partial charge in [0.2, 0.25) is 12.7 Å². The van der Waals surface area contributed by atoms with E-state index < -0.39 is 11.9 Å². The normalized spacial score (nSPS) is 18.5. The number of nitriles is 1. The van der Waals surface area contributed by atoms with Gasteiger partial charge in [-0.3, -0.25) is 4.79 Å². The molecule has 0 radical (unpaired) electrons. The van der Waals surface area contributed by atoms with E-state index >= 15 is 0 Å². The summed E-state index contributed by atoms with van der Waals surface area (Å²) in [5, 5.41) is 20.6. The maximum atomic E-state index is 12.3. The monoisotopic (exact) mass is 312 g/mol. The highest BCUT2D eigenvalue weighted by Crippen LogP contribution is 2.30. The molecule has 0 fully saturated rings. The first-order valence-electron chi connectivity index (χ1n) is 6.83. The van der Waals surface area contributed by atoms with Crippen molar-refractivity contribution >= 4 is 17.6 Å². The van der Waals surface area contributed by atoms with Gasteiger partial charge in [0.25, 0.3) is 0 Å². The first kappa shape index (κ1) is 14.7. The lowest BCUT2D eigenvalue weighted by molar-refractivity contribution is -0.118. The highest BCUT2D eigenvalue weighted by Gasteiger charge is 2.28. The summed E-state index contributed by atoms with van der Waals surface area (Å²) in [4.78, 5) is 23.6. The predicted molar refractivity (Wildman–Crippen MR) is 78.1 cm³/mol. The number of nitrogens with one attached hydrogen (secondary N) is 1. The maximum Gasteiger partial charge on any atom is 0.337 e. The zero-order chi connectivity index (χ0) is 16.4. The van der Waals surface area contributed by atoms with Crippen molar-refractivity contribution in [1.29, 1.82) is 5.26 Å². The van der Waals surface area contributed by atoms with Gasteiger partial charge in [-0.15, -0.1) is 0 Å². The van der Waals surface area contributed by atoms with Gasteiger partial charge in [0.05, 0.1) is 28.8 Å². The number of amides is 1. The molecule has 0 aromatic heterocycles. The highest BCUT2D eigenvalue weighted by atomic mass is 16.7. The van der Waals surface area contributed by atoms with Crippen LogP contribution >= 0.6 is 0 Å². The molecule has 1 aliphatic carbocycles. The molecule has 1 aromatic carbocycles. The molecule has 0 saturated carbocycles. The van der Waals surface area contributed by atoms with E-state index in [0.29, 0.717) is 17.9 Å². The molecule has 23 heavy (non-hydrogen) atoms. The number of allylic oxidation sites excluding steroid dienone is 2. The molecule has 1 amide bonds. The Bertz CT molecular complexity index is 788. The second kappa shape index (κ2) is 5.85. The van der Waals surface area contributed by atoms with Gasteiger partial charge in [-0.25, -0.2) is 4.79 Å². The fraction of sp³-hybridized carbons (Fsp3) is 0.188. The first-order chi connectivity index (χ1) is 11.1. The lowest BCUT2D eigenvalue weighted by Gasteiger charge is -2.17. The van der Waals surface area contributed by atoms with Crippen molar-refractivity contribution in [2.45, 2.75) is 6.42 Å². The Morgan fingerprint density at radius 3 is 2.91 bits per heavy atom. The zero-order valence-corrected chi connectivity index (χ0v) is 11.9. The molecule has 0 saturated heterocycles. The maximum absolute atomic E-state index is 12.3. The van der Waals surface area contributed by atoms with Crippen LogP contribution in [0.2, 0.25) is 0 Å². The molecule has 7 heteroatoms. The quantitative estimate of drug-likeness (QED) is 0.883. The summed E-state index contributed by atoms with van der Waals surface area (Å²) >= 11 is 0. The smallest absolute Gasteiger partial charge is 0.337 e. The largest absolute Gasteiger partial charge is 0.478 e. The van der Waals surface area contributed by atoms with E-state index in [1.165, 1.54) is 18.2 Å². The van der Waals surface area contributed by atoms with Crippen LogP contribution in [0.4, 0.5) is 5.69 Å². The molecule has 3 rings (SSSR count). The number of hydrogen-bond acceptors (Lipinski definition) is 5. The van der Waals surface area contributed by atoms with Gasteiger partial charge in [0, 0.05) is 6.42 Å². The minimum Gasteiger partial charge on any atom is -0.478 e. The molecule has 1 heterocycles. The number of ether oxygens (including phenoxy) is 2. The van der Waals surface area contributed by atoms with Crippen LogP contribution in [-0.2, 0) is 14.3 Å². The Kier molecular flexibility index (Phi) is 3.73. The third-order valence-electron chi connectivity index (χ3n) is 3.58. The van der Waals surface area contributed by atoms with Gasteiger partial charge < -0.3 is 19.9 Å². The van der Waals surface area contributed by atoms with Crippen molar-refractivity contribution in [3.8, 4) is 6.07 Å². The zero-order valence-electron chi connectivity index (χ0n) is 11.9. The fourth-order valence-corrected chi connectivity index (χ4v) is 2.39. The average molecular weight is 312 g/mol. The third kappa shape index (κ3) is 2.87. The fourth-order valence-electron chi connectivity index (χ4n) is 2.39. The molecule has 0 spiro atoms. The molecule has 116 valence electrons. The standard InChI is InChI=1S/C16H12N2O5/c17-7-9-1-3-12(11(5-9)16(20)21)18-15(19)10-2-4-13-14(6-10)23-8-22-13/h1-5,10H,6,8H2,(H,18,19)(H,20,21). The molecule has 2 aliphatic rings. The van der Waals surface area contributed by atoms with E-state index in [2.05, 4.69) is 5.32 Å². The lowest BCUT2D eigenvalue weighted by Crippen LogP contribution is -2.24. The molecule has 1 aliphatic heterocycles. The van der Waals surface area contributed by atoms with Gasteiger partial charge >= 0.3 is 5.97 Å². The number of carbonyl (C=O) groups excluding carboxylic acids is 1. The predicted octanol–water partition coefficient (Wildman–Crippen LogP) is 1.99. The van der Waals surface area contributed by atoms with E-state index in [1.54, 1.807) is 12.2 Å². The van der Waals surface area contributed by atoms with Gasteiger partial charge in [-0.1, -0.05) is 6.08 Å². The Morgan fingerprint density at radius 2 is 2.17 bits per heavy atom. The van der Waals surface area contributed by atoms with Crippen LogP contribution in [0.5, 0.6) is 0 Å². The summed E-state index contributed by atoms with van der Waals surface area (Å²) < 4.78 is 10.5. The number of rotatable bonds is 3. The average Bonchev–Trinajstić information content (AvgIpc) is 3.02. The van der Waals surface area contributed by atoms with Crippen molar-refractivity contribution in [1.82, 2.24) is 0 Å². The number of carboxylic acids is 1. The van der Waals surface area contributed by atoms with Crippen LogP contribution < -0.4 is 5.32 Å². The summed E-state index contributed by atoms with van der Waals surface area (Å²) in [6.45, 7) is 0.141. The van der Waals surface area contributed by atoms with Crippen LogP contribution in [0.25, 0.3) is 0 Å². The summed E-state index contributed by atoms with van der Waals surface area (Å²) in [7, 11) is 0. The number of aromatic carboxylic acids is 1. The summed E-state index contributed by atoms with van der Waals surface area (Å²) in [5.41, 5.74) is 0.236. The number of hydrogen-bond donors (Lipinski definition) is 2. The van der Waals surface area contributed by atoms with Gasteiger partial charge in [-0.2, -0.15) is 5.26 Å². The van der Waals surface area contributed by atoms with Gasteiger partial charge in [0.1, 0.15) is 5.76 Å². The Hall–Kier alpha value is -3.27. The minimum atomic E-state index is -1.21. The molecule has 0 bridgehead atoms. The topological polar surface area (TPSA) is 109 Å². The SMILES string of the molecule is N#Cc1ccc(NC(=O)C2C=CC3=C(C2)OCO3)c(C(=O)O)c1. The first-order valence-corrected chi connectivity index (χ1v) is 6.83. The highest BCUT2D eigenvalue weighted by molar-refractivity contribution is 6.02. The van der Waals surface area contributed by atoms with Crippen LogP contribution in [0.1, 0.15) is 22.3 Å². The van der Waals surface area contributed by atoms with E-state index in [-0.39, 0.29) is 29.5 Å². The van der Waals surface area contributed by atoms with E-state index in [1.807, 2.05) is 6.07 Å². The number of benzene rings is 1.